The van der Waals surface area contributed by atoms with Crippen LogP contribution < -0.4 is 5.32 Å². The SMILES string of the molecule is O=C(NCC1(C(=O)O)CC1)c1cc(Br)cnc1Cl. The van der Waals surface area contributed by atoms with Crippen molar-refractivity contribution >= 4 is 39.4 Å². The minimum atomic E-state index is -0.874. The number of carbonyl (C=O) groups is 2. The molecular weight excluding hydrogens is 323 g/mol. The third kappa shape index (κ3) is 2.64. The van der Waals surface area contributed by atoms with Gasteiger partial charge in [-0.3, -0.25) is 9.59 Å². The fourth-order valence-corrected chi connectivity index (χ4v) is 2.06. The first-order valence-electron chi connectivity index (χ1n) is 5.27. The summed E-state index contributed by atoms with van der Waals surface area (Å²) in [7, 11) is 0. The number of aromatic nitrogens is 1. The van der Waals surface area contributed by atoms with Crippen LogP contribution in [0.15, 0.2) is 16.7 Å². The van der Waals surface area contributed by atoms with E-state index in [1.54, 1.807) is 6.07 Å². The highest BCUT2D eigenvalue weighted by Crippen LogP contribution is 2.45. The number of amides is 1. The van der Waals surface area contributed by atoms with Gasteiger partial charge < -0.3 is 10.4 Å². The number of carbonyl (C=O) groups excluding carboxylic acids is 1. The molecule has 0 aliphatic heterocycles. The van der Waals surface area contributed by atoms with Gasteiger partial charge in [-0.15, -0.1) is 0 Å². The van der Waals surface area contributed by atoms with Crippen molar-refractivity contribution < 1.29 is 14.7 Å². The fraction of sp³-hybridized carbons (Fsp3) is 0.364. The van der Waals surface area contributed by atoms with Gasteiger partial charge in [0.1, 0.15) is 5.15 Å². The molecule has 5 nitrogen and oxygen atoms in total. The lowest BCUT2D eigenvalue weighted by Crippen LogP contribution is -2.34. The number of pyridine rings is 1. The van der Waals surface area contributed by atoms with Crippen LogP contribution >= 0.6 is 27.5 Å². The zero-order valence-electron chi connectivity index (χ0n) is 9.24. The summed E-state index contributed by atoms with van der Waals surface area (Å²) >= 11 is 9.01. The van der Waals surface area contributed by atoms with Crippen molar-refractivity contribution in [2.24, 2.45) is 5.41 Å². The zero-order valence-corrected chi connectivity index (χ0v) is 11.6. The minimum Gasteiger partial charge on any atom is -0.481 e. The lowest BCUT2D eigenvalue weighted by molar-refractivity contribution is -0.143. The Bertz CT molecular complexity index is 517. The van der Waals surface area contributed by atoms with Crippen molar-refractivity contribution in [3.63, 3.8) is 0 Å². The number of nitrogens with one attached hydrogen (secondary N) is 1. The summed E-state index contributed by atoms with van der Waals surface area (Å²) in [6, 6.07) is 1.55. The van der Waals surface area contributed by atoms with E-state index < -0.39 is 17.3 Å². The largest absolute Gasteiger partial charge is 0.481 e. The van der Waals surface area contributed by atoms with Crippen molar-refractivity contribution in [2.75, 3.05) is 6.54 Å². The van der Waals surface area contributed by atoms with Crippen molar-refractivity contribution in [2.45, 2.75) is 12.8 Å². The summed E-state index contributed by atoms with van der Waals surface area (Å²) in [5.74, 6) is -1.29. The Morgan fingerprint density at radius 1 is 1.56 bits per heavy atom. The van der Waals surface area contributed by atoms with Gasteiger partial charge in [0.15, 0.2) is 0 Å². The quantitative estimate of drug-likeness (QED) is 0.827. The summed E-state index contributed by atoms with van der Waals surface area (Å²) in [6.45, 7) is 0.115. The molecule has 1 saturated carbocycles. The molecule has 1 aromatic heterocycles. The van der Waals surface area contributed by atoms with Crippen molar-refractivity contribution in [3.05, 3.63) is 27.5 Å². The number of carboxylic acid groups (broad SMARTS) is 1. The van der Waals surface area contributed by atoms with Gasteiger partial charge in [-0.2, -0.15) is 0 Å². The molecule has 1 heterocycles. The maximum atomic E-state index is 11.9. The van der Waals surface area contributed by atoms with E-state index in [9.17, 15) is 9.59 Å². The molecule has 2 rings (SSSR count). The number of halogens is 2. The van der Waals surface area contributed by atoms with Crippen LogP contribution in [0.1, 0.15) is 23.2 Å². The predicted octanol–water partition coefficient (Wildman–Crippen LogP) is 2.09. The smallest absolute Gasteiger partial charge is 0.311 e. The molecule has 0 radical (unpaired) electrons. The summed E-state index contributed by atoms with van der Waals surface area (Å²) in [6.07, 6.45) is 2.67. The molecule has 0 atom stereocenters. The van der Waals surface area contributed by atoms with Crippen LogP contribution in [-0.2, 0) is 4.79 Å². The fourth-order valence-electron chi connectivity index (χ4n) is 1.54. The van der Waals surface area contributed by atoms with Crippen LogP contribution in [0.3, 0.4) is 0 Å². The highest BCUT2D eigenvalue weighted by molar-refractivity contribution is 9.10. The third-order valence-corrected chi connectivity index (χ3v) is 3.68. The third-order valence-electron chi connectivity index (χ3n) is 2.94. The molecule has 1 fully saturated rings. The second-order valence-corrected chi connectivity index (χ2v) is 5.53. The van der Waals surface area contributed by atoms with Gasteiger partial charge in [0.25, 0.3) is 5.91 Å². The summed E-state index contributed by atoms with van der Waals surface area (Å²) in [5, 5.41) is 11.7. The standard InChI is InChI=1S/C11H10BrClN2O3/c12-6-3-7(8(13)14-4-6)9(16)15-5-11(1-2-11)10(17)18/h3-4H,1-2,5H2,(H,15,16)(H,17,18). The predicted molar refractivity (Wildman–Crippen MR) is 68.6 cm³/mol. The molecule has 18 heavy (non-hydrogen) atoms. The summed E-state index contributed by atoms with van der Waals surface area (Å²) in [5.41, 5.74) is -0.561. The molecule has 2 N–H and O–H groups in total. The minimum absolute atomic E-state index is 0.0934. The molecule has 96 valence electrons. The van der Waals surface area contributed by atoms with Gasteiger partial charge in [0, 0.05) is 17.2 Å². The Kier molecular flexibility index (Phi) is 3.59. The average Bonchev–Trinajstić information content (AvgIpc) is 3.10. The normalized spacial score (nSPS) is 16.1. The molecule has 0 unspecified atom stereocenters. The molecule has 1 aliphatic rings. The first-order chi connectivity index (χ1) is 8.44. The van der Waals surface area contributed by atoms with Gasteiger partial charge in [-0.25, -0.2) is 4.98 Å². The number of rotatable bonds is 4. The number of carboxylic acids is 1. The molecule has 1 aliphatic carbocycles. The highest BCUT2D eigenvalue weighted by Gasteiger charge is 2.50. The Labute approximate surface area is 117 Å². The molecule has 0 saturated heterocycles. The Morgan fingerprint density at radius 3 is 2.78 bits per heavy atom. The average molecular weight is 334 g/mol. The Hall–Kier alpha value is -1.14. The number of hydrogen-bond donors (Lipinski definition) is 2. The molecular formula is C11H10BrClN2O3. The van der Waals surface area contributed by atoms with E-state index in [0.717, 1.165) is 0 Å². The van der Waals surface area contributed by atoms with Crippen LogP contribution in [0.2, 0.25) is 5.15 Å². The number of aliphatic carboxylic acids is 1. The lowest BCUT2D eigenvalue weighted by Gasteiger charge is -2.11. The van der Waals surface area contributed by atoms with Crippen LogP contribution in [0.25, 0.3) is 0 Å². The van der Waals surface area contributed by atoms with Crippen LogP contribution in [0.4, 0.5) is 0 Å². The maximum Gasteiger partial charge on any atom is 0.311 e. The van der Waals surface area contributed by atoms with Crippen LogP contribution in [-0.4, -0.2) is 28.5 Å². The highest BCUT2D eigenvalue weighted by atomic mass is 79.9. The van der Waals surface area contributed by atoms with E-state index >= 15 is 0 Å². The first-order valence-corrected chi connectivity index (χ1v) is 6.44. The second-order valence-electron chi connectivity index (χ2n) is 4.26. The topological polar surface area (TPSA) is 79.3 Å². The van der Waals surface area contributed by atoms with Crippen molar-refractivity contribution in [1.82, 2.24) is 10.3 Å². The molecule has 0 bridgehead atoms. The van der Waals surface area contributed by atoms with Crippen LogP contribution in [0, 0.1) is 5.41 Å². The van der Waals surface area contributed by atoms with Gasteiger partial charge in [0.05, 0.1) is 11.0 Å². The zero-order chi connectivity index (χ0) is 13.3. The molecule has 0 aromatic carbocycles. The molecule has 1 amide bonds. The number of hydrogen-bond acceptors (Lipinski definition) is 3. The van der Waals surface area contributed by atoms with Gasteiger partial charge in [-0.1, -0.05) is 11.6 Å². The van der Waals surface area contributed by atoms with E-state index in [4.69, 9.17) is 16.7 Å². The summed E-state index contributed by atoms with van der Waals surface area (Å²) < 4.78 is 0.636. The molecule has 7 heteroatoms. The molecule has 0 spiro atoms. The van der Waals surface area contributed by atoms with Crippen LogP contribution in [0.5, 0.6) is 0 Å². The van der Waals surface area contributed by atoms with E-state index in [2.05, 4.69) is 26.2 Å². The maximum absolute atomic E-state index is 11.9. The molecule has 1 aromatic rings. The Morgan fingerprint density at radius 2 is 2.22 bits per heavy atom. The van der Waals surface area contributed by atoms with E-state index in [0.29, 0.717) is 17.3 Å². The second kappa shape index (κ2) is 4.85. The van der Waals surface area contributed by atoms with Gasteiger partial charge >= 0.3 is 5.97 Å². The lowest BCUT2D eigenvalue weighted by atomic mass is 10.1. The summed E-state index contributed by atoms with van der Waals surface area (Å²) in [4.78, 5) is 26.7. The van der Waals surface area contributed by atoms with Crippen molar-refractivity contribution in [3.8, 4) is 0 Å². The van der Waals surface area contributed by atoms with Gasteiger partial charge in [0.2, 0.25) is 0 Å². The van der Waals surface area contributed by atoms with E-state index in [1.165, 1.54) is 6.20 Å². The number of nitrogens with zero attached hydrogens (tertiary/aromatic N) is 1. The van der Waals surface area contributed by atoms with Gasteiger partial charge in [-0.05, 0) is 34.8 Å². The monoisotopic (exact) mass is 332 g/mol. The van der Waals surface area contributed by atoms with E-state index in [-0.39, 0.29) is 17.3 Å². The first kappa shape index (κ1) is 13.3. The van der Waals surface area contributed by atoms with E-state index in [1.807, 2.05) is 0 Å². The Balaban J connectivity index is 2.04. The van der Waals surface area contributed by atoms with Crippen molar-refractivity contribution in [1.29, 1.82) is 0 Å².